The summed E-state index contributed by atoms with van der Waals surface area (Å²) in [6, 6.07) is 8.71. The van der Waals surface area contributed by atoms with Crippen molar-refractivity contribution in [1.82, 2.24) is 0 Å². The fraction of sp³-hybridized carbons (Fsp3) is 0.684. The summed E-state index contributed by atoms with van der Waals surface area (Å²) in [5.41, 5.74) is 8.45. The second-order valence-electron chi connectivity index (χ2n) is 6.04. The predicted molar refractivity (Wildman–Crippen MR) is 95.1 cm³/mol. The van der Waals surface area contributed by atoms with E-state index in [1.165, 1.54) is 62.7 Å². The van der Waals surface area contributed by atoms with Crippen LogP contribution < -0.4 is 10.6 Å². The molecule has 21 heavy (non-hydrogen) atoms. The first-order chi connectivity index (χ1) is 10.3. The molecule has 2 N–H and O–H groups in total. The Balaban J connectivity index is 2.35. The minimum atomic E-state index is 0.777. The lowest BCUT2D eigenvalue weighted by Gasteiger charge is -2.26. The molecule has 1 rings (SSSR count). The van der Waals surface area contributed by atoms with Crippen molar-refractivity contribution in [2.75, 3.05) is 24.5 Å². The summed E-state index contributed by atoms with van der Waals surface area (Å²) in [6.45, 7) is 7.50. The van der Waals surface area contributed by atoms with E-state index in [9.17, 15) is 0 Å². The zero-order chi connectivity index (χ0) is 15.3. The van der Waals surface area contributed by atoms with Crippen molar-refractivity contribution in [2.45, 2.75) is 65.2 Å². The number of nitrogens with two attached hydrogens (primary N) is 1. The van der Waals surface area contributed by atoms with E-state index in [4.69, 9.17) is 5.73 Å². The number of benzene rings is 1. The molecule has 120 valence electrons. The molecular weight excluding hydrogens is 256 g/mol. The van der Waals surface area contributed by atoms with Gasteiger partial charge in [-0.3, -0.25) is 0 Å². The van der Waals surface area contributed by atoms with E-state index in [1.54, 1.807) is 0 Å². The van der Waals surface area contributed by atoms with Gasteiger partial charge in [0.05, 0.1) is 0 Å². The Bertz CT molecular complexity index is 362. The number of para-hydroxylation sites is 1. The zero-order valence-electron chi connectivity index (χ0n) is 14.1. The predicted octanol–water partition coefficient (Wildman–Crippen LogP) is 4.90. The molecule has 2 nitrogen and oxygen atoms in total. The SMILES string of the molecule is CCCCCCCCCN(CCCN)c1ccccc1C. The topological polar surface area (TPSA) is 29.3 Å². The highest BCUT2D eigenvalue weighted by Gasteiger charge is 2.07. The summed E-state index contributed by atoms with van der Waals surface area (Å²) in [7, 11) is 0. The van der Waals surface area contributed by atoms with Crippen molar-refractivity contribution in [1.29, 1.82) is 0 Å². The van der Waals surface area contributed by atoms with Gasteiger partial charge in [0.2, 0.25) is 0 Å². The lowest BCUT2D eigenvalue weighted by atomic mass is 10.1. The van der Waals surface area contributed by atoms with E-state index < -0.39 is 0 Å². The molecule has 0 amide bonds. The lowest BCUT2D eigenvalue weighted by Crippen LogP contribution is -2.27. The van der Waals surface area contributed by atoms with E-state index >= 15 is 0 Å². The van der Waals surface area contributed by atoms with Gasteiger partial charge >= 0.3 is 0 Å². The number of hydrogen-bond donors (Lipinski definition) is 1. The van der Waals surface area contributed by atoms with Crippen molar-refractivity contribution < 1.29 is 0 Å². The summed E-state index contributed by atoms with van der Waals surface area (Å²) in [5.74, 6) is 0. The van der Waals surface area contributed by atoms with Gasteiger partial charge in [-0.05, 0) is 37.9 Å². The average Bonchev–Trinajstić information content (AvgIpc) is 2.50. The minimum absolute atomic E-state index is 0.777. The maximum absolute atomic E-state index is 5.69. The van der Waals surface area contributed by atoms with E-state index in [2.05, 4.69) is 43.0 Å². The molecule has 0 fully saturated rings. The molecule has 0 radical (unpaired) electrons. The Kier molecular flexibility index (Phi) is 9.98. The van der Waals surface area contributed by atoms with Gasteiger partial charge in [0.15, 0.2) is 0 Å². The molecule has 1 aromatic carbocycles. The van der Waals surface area contributed by atoms with Crippen LogP contribution in [0.15, 0.2) is 24.3 Å². The van der Waals surface area contributed by atoms with Crippen LogP contribution in [0.3, 0.4) is 0 Å². The van der Waals surface area contributed by atoms with E-state index in [0.717, 1.165) is 19.5 Å². The number of nitrogens with zero attached hydrogens (tertiary/aromatic N) is 1. The standard InChI is InChI=1S/C19H34N2/c1-3-4-5-6-7-8-11-16-21(17-12-15-20)19-14-10-9-13-18(19)2/h9-10,13-14H,3-8,11-12,15-17,20H2,1-2H3. The van der Waals surface area contributed by atoms with Crippen molar-refractivity contribution in [3.63, 3.8) is 0 Å². The highest BCUT2D eigenvalue weighted by molar-refractivity contribution is 5.52. The quantitative estimate of drug-likeness (QED) is 0.555. The van der Waals surface area contributed by atoms with Crippen LogP contribution >= 0.6 is 0 Å². The summed E-state index contributed by atoms with van der Waals surface area (Å²) in [5, 5.41) is 0. The summed E-state index contributed by atoms with van der Waals surface area (Å²) >= 11 is 0. The van der Waals surface area contributed by atoms with Crippen LogP contribution in [0.25, 0.3) is 0 Å². The van der Waals surface area contributed by atoms with Crippen LogP contribution in [0.5, 0.6) is 0 Å². The van der Waals surface area contributed by atoms with E-state index in [1.807, 2.05) is 0 Å². The Hall–Kier alpha value is -1.02. The molecule has 0 aliphatic carbocycles. The third-order valence-electron chi connectivity index (χ3n) is 4.12. The average molecular weight is 290 g/mol. The maximum Gasteiger partial charge on any atom is 0.0395 e. The third kappa shape index (κ3) is 7.52. The van der Waals surface area contributed by atoms with Crippen molar-refractivity contribution in [3.05, 3.63) is 29.8 Å². The Morgan fingerprint density at radius 1 is 0.857 bits per heavy atom. The Morgan fingerprint density at radius 2 is 1.48 bits per heavy atom. The van der Waals surface area contributed by atoms with Crippen LogP contribution in [0.1, 0.15) is 63.9 Å². The first-order valence-electron chi connectivity index (χ1n) is 8.80. The largest absolute Gasteiger partial charge is 0.371 e. The maximum atomic E-state index is 5.69. The molecule has 0 bridgehead atoms. The highest BCUT2D eigenvalue weighted by Crippen LogP contribution is 2.20. The van der Waals surface area contributed by atoms with Gasteiger partial charge in [-0.2, -0.15) is 0 Å². The first-order valence-corrected chi connectivity index (χ1v) is 8.80. The molecular formula is C19H34N2. The molecule has 0 atom stereocenters. The number of unbranched alkanes of at least 4 members (excludes halogenated alkanes) is 6. The van der Waals surface area contributed by atoms with E-state index in [0.29, 0.717) is 0 Å². The van der Waals surface area contributed by atoms with Crippen LogP contribution in [0.4, 0.5) is 5.69 Å². The number of anilines is 1. The zero-order valence-corrected chi connectivity index (χ0v) is 14.1. The molecule has 0 aromatic heterocycles. The van der Waals surface area contributed by atoms with Crippen LogP contribution in [-0.2, 0) is 0 Å². The van der Waals surface area contributed by atoms with Crippen molar-refractivity contribution in [3.8, 4) is 0 Å². The molecule has 1 aromatic rings. The second kappa shape index (κ2) is 11.6. The van der Waals surface area contributed by atoms with Crippen LogP contribution in [0, 0.1) is 6.92 Å². The van der Waals surface area contributed by atoms with Gasteiger partial charge in [0.25, 0.3) is 0 Å². The Labute approximate surface area is 131 Å². The van der Waals surface area contributed by atoms with Crippen molar-refractivity contribution >= 4 is 5.69 Å². The van der Waals surface area contributed by atoms with E-state index in [-0.39, 0.29) is 0 Å². The Morgan fingerprint density at radius 3 is 2.14 bits per heavy atom. The highest BCUT2D eigenvalue weighted by atomic mass is 15.1. The summed E-state index contributed by atoms with van der Waals surface area (Å²) < 4.78 is 0. The molecule has 0 aliphatic heterocycles. The summed E-state index contributed by atoms with van der Waals surface area (Å²) in [6.07, 6.45) is 10.7. The number of hydrogen-bond acceptors (Lipinski definition) is 2. The minimum Gasteiger partial charge on any atom is -0.371 e. The molecule has 2 heteroatoms. The lowest BCUT2D eigenvalue weighted by molar-refractivity contribution is 0.580. The second-order valence-corrected chi connectivity index (χ2v) is 6.04. The van der Waals surface area contributed by atoms with Gasteiger partial charge in [-0.1, -0.05) is 63.6 Å². The summed E-state index contributed by atoms with van der Waals surface area (Å²) in [4.78, 5) is 2.52. The van der Waals surface area contributed by atoms with Crippen LogP contribution in [0.2, 0.25) is 0 Å². The third-order valence-corrected chi connectivity index (χ3v) is 4.12. The molecule has 0 heterocycles. The fourth-order valence-electron chi connectivity index (χ4n) is 2.81. The molecule has 0 saturated heterocycles. The number of aryl methyl sites for hydroxylation is 1. The molecule has 0 saturated carbocycles. The molecule has 0 spiro atoms. The van der Waals surface area contributed by atoms with Gasteiger partial charge in [0.1, 0.15) is 0 Å². The first kappa shape index (κ1) is 18.0. The monoisotopic (exact) mass is 290 g/mol. The van der Waals surface area contributed by atoms with Gasteiger partial charge in [0, 0.05) is 18.8 Å². The number of rotatable bonds is 12. The van der Waals surface area contributed by atoms with Gasteiger partial charge < -0.3 is 10.6 Å². The molecule has 0 unspecified atom stereocenters. The van der Waals surface area contributed by atoms with Crippen LogP contribution in [-0.4, -0.2) is 19.6 Å². The van der Waals surface area contributed by atoms with Crippen molar-refractivity contribution in [2.24, 2.45) is 5.73 Å². The fourth-order valence-corrected chi connectivity index (χ4v) is 2.81. The van der Waals surface area contributed by atoms with Gasteiger partial charge in [-0.15, -0.1) is 0 Å². The molecule has 0 aliphatic rings. The van der Waals surface area contributed by atoms with Gasteiger partial charge in [-0.25, -0.2) is 0 Å². The smallest absolute Gasteiger partial charge is 0.0395 e. The normalized spacial score (nSPS) is 10.8.